The van der Waals surface area contributed by atoms with E-state index in [4.69, 9.17) is 0 Å². The average Bonchev–Trinajstić information content (AvgIpc) is 2.87. The molecule has 0 aromatic carbocycles. The topological polar surface area (TPSA) is 0 Å². The van der Waals surface area contributed by atoms with E-state index in [2.05, 4.69) is 24.3 Å². The summed E-state index contributed by atoms with van der Waals surface area (Å²) in [5.74, 6) is 0. The molecule has 0 aromatic heterocycles. The number of hydrogen-bond acceptors (Lipinski definition) is 0. The molecule has 0 saturated carbocycles. The Bertz CT molecular complexity index is 166. The van der Waals surface area contributed by atoms with Gasteiger partial charge in [0.1, 0.15) is 0 Å². The van der Waals surface area contributed by atoms with E-state index in [-0.39, 0.29) is 27.3 Å². The Morgan fingerprint density at radius 3 is 1.27 bits per heavy atom. The van der Waals surface area contributed by atoms with Gasteiger partial charge in [-0.3, -0.25) is 12.2 Å². The summed E-state index contributed by atoms with van der Waals surface area (Å²) >= 11 is 1.58. The van der Waals surface area contributed by atoms with Crippen molar-refractivity contribution in [3.63, 3.8) is 0 Å². The number of allylic oxidation sites excluding steroid dienone is 8. The van der Waals surface area contributed by atoms with Crippen LogP contribution in [0, 0.1) is 27.0 Å². The molecule has 2 rings (SSSR count). The normalized spacial score (nSPS) is 11.9. The van der Waals surface area contributed by atoms with Crippen LogP contribution in [0.5, 0.6) is 0 Å². The van der Waals surface area contributed by atoms with Gasteiger partial charge in [0.25, 0.3) is 0 Å². The van der Waals surface area contributed by atoms with Crippen LogP contribution < -0.4 is 0 Å². The number of hydrogen-bond donors (Lipinski definition) is 0. The molecular weight excluding hydrogens is 299 g/mol. The van der Waals surface area contributed by atoms with Gasteiger partial charge < -0.3 is 14.9 Å². The monoisotopic (exact) mass is 316 g/mol. The predicted octanol–water partition coefficient (Wildman–Crippen LogP) is 3.02. The van der Waals surface area contributed by atoms with Gasteiger partial charge in [0.2, 0.25) is 0 Å². The molecule has 0 fully saturated rings. The zero-order chi connectivity index (χ0) is 9.07. The van der Waals surface area contributed by atoms with Crippen LogP contribution in [0.15, 0.2) is 36.5 Å². The van der Waals surface area contributed by atoms with E-state index in [1.54, 1.807) is 23.3 Å². The average molecular weight is 318 g/mol. The van der Waals surface area contributed by atoms with Crippen molar-refractivity contribution < 1.29 is 23.3 Å². The van der Waals surface area contributed by atoms with Crippen LogP contribution in [-0.2, 0) is 23.3 Å². The van der Waals surface area contributed by atoms with E-state index in [0.29, 0.717) is 0 Å². The summed E-state index contributed by atoms with van der Waals surface area (Å²) in [7, 11) is 0. The summed E-state index contributed by atoms with van der Waals surface area (Å²) in [6.07, 6.45) is 20.0. The zero-order valence-electron chi connectivity index (χ0n) is 9.49. The van der Waals surface area contributed by atoms with Gasteiger partial charge in [0, 0.05) is 0 Å². The SMILES string of the molecule is Cl.[C-]1=CC=CC1.[C-]1=CC=CC1.[CH3-].[CH3-].[SiH2]=[Zr]. The van der Waals surface area contributed by atoms with Crippen molar-refractivity contribution in [3.05, 3.63) is 63.5 Å². The fourth-order valence-corrected chi connectivity index (χ4v) is 0.680. The third-order valence-corrected chi connectivity index (χ3v) is 1.17. The Balaban J connectivity index is -0.0000000592. The second kappa shape index (κ2) is 23.9. The van der Waals surface area contributed by atoms with Crippen molar-refractivity contribution in [2.45, 2.75) is 12.8 Å². The molecule has 0 aromatic rings. The predicted molar refractivity (Wildman–Crippen MR) is 71.8 cm³/mol. The van der Waals surface area contributed by atoms with Crippen molar-refractivity contribution in [3.8, 4) is 0 Å². The standard InChI is InChI=1S/2C5H5.2CH3.ClH.H2Si.Zr/c2*1-2-4-5-3-1;;;;;/h2*1-3H,4H2;2*1H3;1H;1H2;/q4*-1;;;. The first-order chi connectivity index (χ1) is 6.00. The Kier molecular flexibility index (Phi) is 39.1. The van der Waals surface area contributed by atoms with Crippen molar-refractivity contribution in [2.75, 3.05) is 0 Å². The molecule has 0 nitrogen and oxygen atoms in total. The summed E-state index contributed by atoms with van der Waals surface area (Å²) in [5, 5.41) is 0. The number of rotatable bonds is 0. The van der Waals surface area contributed by atoms with Crippen LogP contribution in [0.2, 0.25) is 0 Å². The van der Waals surface area contributed by atoms with Crippen molar-refractivity contribution >= 4 is 19.3 Å². The van der Waals surface area contributed by atoms with Gasteiger partial charge in [-0.25, -0.2) is 24.3 Å². The van der Waals surface area contributed by atoms with Crippen LogP contribution in [-0.4, -0.2) is 6.88 Å². The molecule has 0 N–H and O–H groups in total. The third kappa shape index (κ3) is 20.4. The molecule has 0 unspecified atom stereocenters. The quantitative estimate of drug-likeness (QED) is 0.476. The molecule has 0 saturated heterocycles. The van der Waals surface area contributed by atoms with E-state index >= 15 is 0 Å². The van der Waals surface area contributed by atoms with Gasteiger partial charge >= 0.3 is 30.2 Å². The fourth-order valence-electron chi connectivity index (χ4n) is 0.680. The minimum absolute atomic E-state index is 0. The number of halogens is 1. The van der Waals surface area contributed by atoms with Gasteiger partial charge in [-0.2, -0.15) is 12.2 Å². The first-order valence-electron chi connectivity index (χ1n) is 3.79. The van der Waals surface area contributed by atoms with Gasteiger partial charge in [-0.05, 0) is 0 Å². The van der Waals surface area contributed by atoms with E-state index in [1.165, 1.54) is 0 Å². The minimum atomic E-state index is 0. The second-order valence-corrected chi connectivity index (χ2v) is 2.01. The van der Waals surface area contributed by atoms with Crippen molar-refractivity contribution in [2.24, 2.45) is 0 Å². The van der Waals surface area contributed by atoms with Gasteiger partial charge in [-0.15, -0.1) is 25.2 Å². The first kappa shape index (κ1) is 24.5. The molecule has 0 spiro atoms. The van der Waals surface area contributed by atoms with E-state index in [1.807, 2.05) is 31.2 Å². The summed E-state index contributed by atoms with van der Waals surface area (Å²) in [6, 6.07) is 0. The molecule has 2 aliphatic rings. The van der Waals surface area contributed by atoms with E-state index < -0.39 is 0 Å². The Hall–Kier alpha value is 0.350. The van der Waals surface area contributed by atoms with Crippen molar-refractivity contribution in [1.82, 2.24) is 0 Å². The van der Waals surface area contributed by atoms with Crippen LogP contribution in [0.4, 0.5) is 0 Å². The molecule has 2 aliphatic carbocycles. The third-order valence-electron chi connectivity index (χ3n) is 1.17. The summed E-state index contributed by atoms with van der Waals surface area (Å²) < 4.78 is 0. The second-order valence-electron chi connectivity index (χ2n) is 2.01. The Morgan fingerprint density at radius 2 is 1.20 bits per heavy atom. The molecule has 0 bridgehead atoms. The first-order valence-corrected chi connectivity index (χ1v) is 9.71. The van der Waals surface area contributed by atoms with Crippen LogP contribution in [0.3, 0.4) is 0 Å². The summed E-state index contributed by atoms with van der Waals surface area (Å²) in [6.45, 7) is 1.95. The van der Waals surface area contributed by atoms with E-state index in [0.717, 1.165) is 12.8 Å². The molecule has 0 amide bonds. The summed E-state index contributed by atoms with van der Waals surface area (Å²) in [5.41, 5.74) is 0. The van der Waals surface area contributed by atoms with Crippen molar-refractivity contribution in [1.29, 1.82) is 0 Å². The molecule has 0 atom stereocenters. The molecule has 0 aliphatic heterocycles. The van der Waals surface area contributed by atoms with Crippen LogP contribution in [0.25, 0.3) is 0 Å². The Labute approximate surface area is 118 Å². The molecule has 3 heteroatoms. The summed E-state index contributed by atoms with van der Waals surface area (Å²) in [4.78, 5) is 0. The molecule has 86 valence electrons. The maximum absolute atomic E-state index is 2.99. The van der Waals surface area contributed by atoms with Gasteiger partial charge in [-0.1, -0.05) is 0 Å². The maximum atomic E-state index is 2.99. The zero-order valence-corrected chi connectivity index (χ0v) is 14.2. The molecule has 0 radical (unpaired) electrons. The van der Waals surface area contributed by atoms with Crippen LogP contribution >= 0.6 is 12.4 Å². The molecule has 0 heterocycles. The molecule has 15 heavy (non-hydrogen) atoms. The Morgan fingerprint density at radius 1 is 0.867 bits per heavy atom. The van der Waals surface area contributed by atoms with Crippen LogP contribution in [0.1, 0.15) is 12.8 Å². The molecular formula is C12H19ClSiZr-4. The fraction of sp³-hybridized carbons (Fsp3) is 0.167. The van der Waals surface area contributed by atoms with Gasteiger partial charge in [0.05, 0.1) is 0 Å². The van der Waals surface area contributed by atoms with Gasteiger partial charge in [0.15, 0.2) is 0 Å². The van der Waals surface area contributed by atoms with E-state index in [9.17, 15) is 0 Å².